The number of piperazine rings is 1. The van der Waals surface area contributed by atoms with Crippen molar-refractivity contribution in [2.24, 2.45) is 0 Å². The Bertz CT molecular complexity index is 1280. The average molecular weight is 422 g/mol. The predicted molar refractivity (Wildman–Crippen MR) is 114 cm³/mol. The summed E-state index contributed by atoms with van der Waals surface area (Å²) in [6, 6.07) is 15.6. The Labute approximate surface area is 176 Å². The highest BCUT2D eigenvalue weighted by atomic mass is 19.2. The van der Waals surface area contributed by atoms with Crippen LogP contribution in [-0.4, -0.2) is 45.3 Å². The highest BCUT2D eigenvalue weighted by Crippen LogP contribution is 2.19. The topological polar surface area (TPSA) is 58.7 Å². The van der Waals surface area contributed by atoms with Crippen LogP contribution in [0.1, 0.15) is 5.56 Å². The van der Waals surface area contributed by atoms with Crippen LogP contribution in [0.2, 0.25) is 0 Å². The SMILES string of the molecule is O=c1n(Cc2ccc(F)c(F)c2)nc2cc(N3CCN(c4ccccc4)CC3)ncn12. The molecule has 2 aromatic carbocycles. The van der Waals surface area contributed by atoms with Crippen molar-refractivity contribution in [2.45, 2.75) is 6.54 Å². The van der Waals surface area contributed by atoms with Crippen LogP contribution in [0.25, 0.3) is 5.65 Å². The molecule has 4 aromatic rings. The molecule has 2 aromatic heterocycles. The number of anilines is 2. The van der Waals surface area contributed by atoms with Gasteiger partial charge in [0.05, 0.1) is 6.54 Å². The molecular formula is C22H20F2N6O. The van der Waals surface area contributed by atoms with Crippen molar-refractivity contribution in [3.05, 3.63) is 88.6 Å². The number of fused-ring (bicyclic) bond motifs is 1. The Morgan fingerprint density at radius 3 is 2.35 bits per heavy atom. The summed E-state index contributed by atoms with van der Waals surface area (Å²) in [7, 11) is 0. The Hall–Kier alpha value is -3.75. The van der Waals surface area contributed by atoms with E-state index in [1.807, 2.05) is 18.2 Å². The maximum Gasteiger partial charge on any atom is 0.351 e. The zero-order valence-corrected chi connectivity index (χ0v) is 16.7. The van der Waals surface area contributed by atoms with Crippen LogP contribution in [0.4, 0.5) is 20.3 Å². The third-order valence-corrected chi connectivity index (χ3v) is 5.50. The molecule has 0 atom stereocenters. The molecule has 1 aliphatic rings. The number of aromatic nitrogens is 4. The zero-order chi connectivity index (χ0) is 21.4. The van der Waals surface area contributed by atoms with Gasteiger partial charge < -0.3 is 9.80 Å². The quantitative estimate of drug-likeness (QED) is 0.506. The summed E-state index contributed by atoms with van der Waals surface area (Å²) in [5, 5.41) is 4.35. The highest BCUT2D eigenvalue weighted by Gasteiger charge is 2.19. The Morgan fingerprint density at radius 2 is 1.61 bits per heavy atom. The van der Waals surface area contributed by atoms with Gasteiger partial charge in [0.25, 0.3) is 0 Å². The Balaban J connectivity index is 1.35. The van der Waals surface area contributed by atoms with Crippen molar-refractivity contribution in [2.75, 3.05) is 36.0 Å². The molecule has 0 radical (unpaired) electrons. The molecule has 0 aliphatic carbocycles. The van der Waals surface area contributed by atoms with Gasteiger partial charge in [-0.1, -0.05) is 24.3 Å². The van der Waals surface area contributed by atoms with E-state index in [1.54, 1.807) is 6.07 Å². The lowest BCUT2D eigenvalue weighted by atomic mass is 10.2. The average Bonchev–Trinajstić information content (AvgIpc) is 3.11. The van der Waals surface area contributed by atoms with Gasteiger partial charge in [-0.15, -0.1) is 5.10 Å². The van der Waals surface area contributed by atoms with Gasteiger partial charge in [0.1, 0.15) is 12.1 Å². The number of hydrogen-bond acceptors (Lipinski definition) is 5. The summed E-state index contributed by atoms with van der Waals surface area (Å²) in [5.41, 5.74) is 1.73. The molecule has 3 heterocycles. The van der Waals surface area contributed by atoms with Crippen LogP contribution in [-0.2, 0) is 6.54 Å². The number of nitrogens with zero attached hydrogens (tertiary/aromatic N) is 6. The van der Waals surface area contributed by atoms with Crippen molar-refractivity contribution in [1.29, 1.82) is 0 Å². The maximum absolute atomic E-state index is 13.5. The van der Waals surface area contributed by atoms with Crippen molar-refractivity contribution < 1.29 is 8.78 Å². The lowest BCUT2D eigenvalue weighted by Crippen LogP contribution is -2.46. The molecule has 0 bridgehead atoms. The van der Waals surface area contributed by atoms with Gasteiger partial charge >= 0.3 is 5.69 Å². The van der Waals surface area contributed by atoms with Gasteiger partial charge in [0.2, 0.25) is 0 Å². The number of para-hydroxylation sites is 1. The number of benzene rings is 2. The molecule has 1 saturated heterocycles. The standard InChI is InChI=1S/C22H20F2N6O/c23-18-7-6-16(12-19(18)24)14-30-22(31)29-15-25-20(13-21(29)26-30)28-10-8-27(9-11-28)17-4-2-1-3-5-17/h1-7,12-13,15H,8-11,14H2. The van der Waals surface area contributed by atoms with E-state index in [4.69, 9.17) is 0 Å². The second-order valence-electron chi connectivity index (χ2n) is 7.47. The third kappa shape index (κ3) is 3.74. The fourth-order valence-electron chi connectivity index (χ4n) is 3.83. The summed E-state index contributed by atoms with van der Waals surface area (Å²) in [4.78, 5) is 21.5. The molecule has 0 unspecified atom stereocenters. The molecule has 0 saturated carbocycles. The Morgan fingerprint density at radius 1 is 0.871 bits per heavy atom. The van der Waals surface area contributed by atoms with Crippen molar-refractivity contribution in [3.63, 3.8) is 0 Å². The van der Waals surface area contributed by atoms with Crippen LogP contribution in [0.5, 0.6) is 0 Å². The second-order valence-corrected chi connectivity index (χ2v) is 7.47. The van der Waals surface area contributed by atoms with E-state index in [0.717, 1.165) is 44.1 Å². The first-order chi connectivity index (χ1) is 15.1. The van der Waals surface area contributed by atoms with Gasteiger partial charge in [0, 0.05) is 37.9 Å². The van der Waals surface area contributed by atoms with Gasteiger partial charge in [-0.3, -0.25) is 0 Å². The number of halogens is 2. The van der Waals surface area contributed by atoms with Crippen LogP contribution in [0.3, 0.4) is 0 Å². The summed E-state index contributed by atoms with van der Waals surface area (Å²) >= 11 is 0. The summed E-state index contributed by atoms with van der Waals surface area (Å²) in [5.74, 6) is -1.12. The molecule has 31 heavy (non-hydrogen) atoms. The first-order valence-corrected chi connectivity index (χ1v) is 10.0. The van der Waals surface area contributed by atoms with Crippen LogP contribution in [0, 0.1) is 11.6 Å². The molecule has 0 N–H and O–H groups in total. The fraction of sp³-hybridized carbons (Fsp3) is 0.227. The number of rotatable bonds is 4. The Kier molecular flexibility index (Phi) is 4.85. The van der Waals surface area contributed by atoms with Gasteiger partial charge in [0.15, 0.2) is 17.3 Å². The number of hydrogen-bond donors (Lipinski definition) is 0. The molecule has 9 heteroatoms. The van der Waals surface area contributed by atoms with E-state index in [1.165, 1.54) is 27.2 Å². The maximum atomic E-state index is 13.5. The van der Waals surface area contributed by atoms with Crippen LogP contribution in [0.15, 0.2) is 65.7 Å². The molecule has 1 aliphatic heterocycles. The normalized spacial score (nSPS) is 14.4. The molecule has 158 valence electrons. The summed E-state index contributed by atoms with van der Waals surface area (Å²) in [6.45, 7) is 3.39. The summed E-state index contributed by atoms with van der Waals surface area (Å²) < 4.78 is 29.2. The minimum Gasteiger partial charge on any atom is -0.368 e. The molecule has 1 fully saturated rings. The van der Waals surface area contributed by atoms with Crippen molar-refractivity contribution in [3.8, 4) is 0 Å². The third-order valence-electron chi connectivity index (χ3n) is 5.50. The smallest absolute Gasteiger partial charge is 0.351 e. The molecule has 7 nitrogen and oxygen atoms in total. The van der Waals surface area contributed by atoms with E-state index in [2.05, 4.69) is 32.0 Å². The van der Waals surface area contributed by atoms with Crippen LogP contribution < -0.4 is 15.5 Å². The van der Waals surface area contributed by atoms with E-state index < -0.39 is 11.6 Å². The lowest BCUT2D eigenvalue weighted by molar-refractivity contribution is 0.505. The van der Waals surface area contributed by atoms with E-state index >= 15 is 0 Å². The van der Waals surface area contributed by atoms with Gasteiger partial charge in [-0.25, -0.2) is 27.6 Å². The molecule has 0 amide bonds. The highest BCUT2D eigenvalue weighted by molar-refractivity contribution is 5.53. The van der Waals surface area contributed by atoms with E-state index in [0.29, 0.717) is 11.2 Å². The zero-order valence-electron chi connectivity index (χ0n) is 16.7. The molecule has 5 rings (SSSR count). The largest absolute Gasteiger partial charge is 0.368 e. The monoisotopic (exact) mass is 422 g/mol. The molecular weight excluding hydrogens is 402 g/mol. The first kappa shape index (κ1) is 19.2. The minimum absolute atomic E-state index is 0.0444. The van der Waals surface area contributed by atoms with E-state index in [9.17, 15) is 13.6 Å². The van der Waals surface area contributed by atoms with Gasteiger partial charge in [-0.2, -0.15) is 0 Å². The van der Waals surface area contributed by atoms with Crippen LogP contribution >= 0.6 is 0 Å². The predicted octanol–water partition coefficient (Wildman–Crippen LogP) is 2.54. The molecule has 0 spiro atoms. The van der Waals surface area contributed by atoms with Gasteiger partial charge in [-0.05, 0) is 29.8 Å². The van der Waals surface area contributed by atoms with Crippen molar-refractivity contribution >= 4 is 17.2 Å². The first-order valence-electron chi connectivity index (χ1n) is 10.0. The van der Waals surface area contributed by atoms with E-state index in [-0.39, 0.29) is 12.2 Å². The van der Waals surface area contributed by atoms with Crippen molar-refractivity contribution in [1.82, 2.24) is 19.2 Å². The summed E-state index contributed by atoms with van der Waals surface area (Å²) in [6.07, 6.45) is 1.46. The lowest BCUT2D eigenvalue weighted by Gasteiger charge is -2.36. The minimum atomic E-state index is -0.951. The fourth-order valence-corrected chi connectivity index (χ4v) is 3.83. The second kappa shape index (κ2) is 7.82.